The van der Waals surface area contributed by atoms with Gasteiger partial charge >= 0.3 is 0 Å². The van der Waals surface area contributed by atoms with E-state index in [0.717, 1.165) is 64.3 Å². The van der Waals surface area contributed by atoms with Crippen molar-refractivity contribution < 1.29 is 9.53 Å². The van der Waals surface area contributed by atoms with Gasteiger partial charge in [-0.25, -0.2) is 9.97 Å². The molecule has 0 unspecified atom stereocenters. The molecule has 0 fully saturated rings. The molecule has 192 valence electrons. The summed E-state index contributed by atoms with van der Waals surface area (Å²) in [5.74, 6) is 0.391. The fraction of sp³-hybridized carbons (Fsp3) is 0.321. The first-order valence-corrected chi connectivity index (χ1v) is 12.5. The third-order valence-electron chi connectivity index (χ3n) is 6.44. The Balaban J connectivity index is 1.51. The molecule has 1 aliphatic heterocycles. The Morgan fingerprint density at radius 2 is 1.97 bits per heavy atom. The van der Waals surface area contributed by atoms with Crippen LogP contribution in [0.25, 0.3) is 22.2 Å². The van der Waals surface area contributed by atoms with Crippen LogP contribution in [0.4, 0.5) is 23.0 Å². The molecule has 1 aliphatic rings. The van der Waals surface area contributed by atoms with E-state index in [1.807, 2.05) is 51.5 Å². The predicted molar refractivity (Wildman–Crippen MR) is 148 cm³/mol. The van der Waals surface area contributed by atoms with E-state index >= 15 is 0 Å². The van der Waals surface area contributed by atoms with E-state index < -0.39 is 0 Å². The van der Waals surface area contributed by atoms with Gasteiger partial charge in [-0.2, -0.15) is 0 Å². The van der Waals surface area contributed by atoms with E-state index in [2.05, 4.69) is 43.7 Å². The second-order valence-corrected chi connectivity index (χ2v) is 9.59. The van der Waals surface area contributed by atoms with Gasteiger partial charge in [-0.1, -0.05) is 18.2 Å². The summed E-state index contributed by atoms with van der Waals surface area (Å²) in [7, 11) is 6.11. The zero-order chi connectivity index (χ0) is 25.9. The van der Waals surface area contributed by atoms with Crippen LogP contribution in [0.15, 0.2) is 48.7 Å². The summed E-state index contributed by atoms with van der Waals surface area (Å²) in [5, 5.41) is 10.9. The average Bonchev–Trinajstić information content (AvgIpc) is 3.21. The lowest BCUT2D eigenvalue weighted by Crippen LogP contribution is -2.21. The molecule has 0 bridgehead atoms. The van der Waals surface area contributed by atoms with Crippen LogP contribution in [0.1, 0.15) is 18.2 Å². The van der Waals surface area contributed by atoms with Crippen molar-refractivity contribution in [3.8, 4) is 11.3 Å². The van der Waals surface area contributed by atoms with Crippen molar-refractivity contribution in [2.45, 2.75) is 20.0 Å². The lowest BCUT2D eigenvalue weighted by molar-refractivity contribution is -0.114. The lowest BCUT2D eigenvalue weighted by Gasteiger charge is -2.20. The molecule has 0 saturated carbocycles. The number of rotatable bonds is 8. The maximum atomic E-state index is 11.9. The smallest absolute Gasteiger partial charge is 0.228 e. The molecule has 0 aliphatic carbocycles. The summed E-state index contributed by atoms with van der Waals surface area (Å²) in [4.78, 5) is 23.8. The SMILES string of the molecule is CC(=O)Nc1cc(Nc2nc3c(c(-c4cn(C)c5ccccc45)n2)COCC3)ccc1NCCN(C)C. The summed E-state index contributed by atoms with van der Waals surface area (Å²) in [6, 6.07) is 14.2. The Kier molecular flexibility index (Phi) is 7.07. The van der Waals surface area contributed by atoms with E-state index in [0.29, 0.717) is 24.8 Å². The number of hydrogen-bond donors (Lipinski definition) is 3. The quantitative estimate of drug-likeness (QED) is 0.331. The van der Waals surface area contributed by atoms with Gasteiger partial charge in [-0.3, -0.25) is 4.79 Å². The van der Waals surface area contributed by atoms with Gasteiger partial charge in [0.15, 0.2) is 0 Å². The topological polar surface area (TPSA) is 96.3 Å². The number of likely N-dealkylation sites (N-methyl/N-ethyl adjacent to an activating group) is 1. The minimum absolute atomic E-state index is 0.129. The van der Waals surface area contributed by atoms with Crippen LogP contribution in [0.5, 0.6) is 0 Å². The first-order valence-electron chi connectivity index (χ1n) is 12.5. The van der Waals surface area contributed by atoms with Crippen LogP contribution < -0.4 is 16.0 Å². The van der Waals surface area contributed by atoms with E-state index in [9.17, 15) is 4.79 Å². The predicted octanol–water partition coefficient (Wildman–Crippen LogP) is 4.38. The number of aryl methyl sites for hydroxylation is 1. The van der Waals surface area contributed by atoms with Gasteiger partial charge in [0.2, 0.25) is 11.9 Å². The van der Waals surface area contributed by atoms with Crippen LogP contribution in [-0.4, -0.2) is 59.1 Å². The largest absolute Gasteiger partial charge is 0.382 e. The van der Waals surface area contributed by atoms with Crippen molar-refractivity contribution in [2.75, 3.05) is 49.7 Å². The number of carbonyl (C=O) groups is 1. The highest BCUT2D eigenvalue weighted by atomic mass is 16.5. The third kappa shape index (κ3) is 5.42. The molecule has 2 aromatic carbocycles. The number of fused-ring (bicyclic) bond motifs is 2. The molecule has 3 N–H and O–H groups in total. The fourth-order valence-corrected chi connectivity index (χ4v) is 4.65. The molecule has 3 heterocycles. The summed E-state index contributed by atoms with van der Waals surface area (Å²) >= 11 is 0. The summed E-state index contributed by atoms with van der Waals surface area (Å²) < 4.78 is 7.91. The molecule has 4 aromatic rings. The van der Waals surface area contributed by atoms with E-state index in [1.54, 1.807) is 0 Å². The van der Waals surface area contributed by atoms with Crippen LogP contribution in [0.3, 0.4) is 0 Å². The average molecular weight is 500 g/mol. The Bertz CT molecular complexity index is 1440. The monoisotopic (exact) mass is 499 g/mol. The minimum atomic E-state index is -0.129. The Hall–Kier alpha value is -3.95. The number of benzene rings is 2. The zero-order valence-corrected chi connectivity index (χ0v) is 21.8. The van der Waals surface area contributed by atoms with Crippen molar-refractivity contribution in [3.63, 3.8) is 0 Å². The number of ether oxygens (including phenoxy) is 1. The zero-order valence-electron chi connectivity index (χ0n) is 21.8. The van der Waals surface area contributed by atoms with Gasteiger partial charge < -0.3 is 30.2 Å². The van der Waals surface area contributed by atoms with Crippen molar-refractivity contribution in [3.05, 3.63) is 59.9 Å². The molecule has 0 radical (unpaired) electrons. The molecule has 0 spiro atoms. The van der Waals surface area contributed by atoms with Gasteiger partial charge in [-0.15, -0.1) is 0 Å². The van der Waals surface area contributed by atoms with Crippen molar-refractivity contribution in [2.24, 2.45) is 7.05 Å². The second kappa shape index (κ2) is 10.6. The normalized spacial score (nSPS) is 13.0. The van der Waals surface area contributed by atoms with Crippen LogP contribution >= 0.6 is 0 Å². The number of nitrogens with one attached hydrogen (secondary N) is 3. The lowest BCUT2D eigenvalue weighted by atomic mass is 10.0. The molecule has 5 rings (SSSR count). The second-order valence-electron chi connectivity index (χ2n) is 9.59. The number of hydrogen-bond acceptors (Lipinski definition) is 7. The number of carbonyl (C=O) groups excluding carboxylic acids is 1. The molecule has 9 heteroatoms. The molecule has 0 atom stereocenters. The highest BCUT2D eigenvalue weighted by Gasteiger charge is 2.22. The van der Waals surface area contributed by atoms with Crippen molar-refractivity contribution >= 4 is 39.8 Å². The number of anilines is 4. The van der Waals surface area contributed by atoms with Gasteiger partial charge in [0.1, 0.15) is 0 Å². The molecule has 37 heavy (non-hydrogen) atoms. The highest BCUT2D eigenvalue weighted by Crippen LogP contribution is 2.35. The van der Waals surface area contributed by atoms with Crippen molar-refractivity contribution in [1.29, 1.82) is 0 Å². The summed E-state index contributed by atoms with van der Waals surface area (Å²) in [6.07, 6.45) is 2.85. The van der Waals surface area contributed by atoms with Crippen LogP contribution in [0, 0.1) is 0 Å². The van der Waals surface area contributed by atoms with E-state index in [1.165, 1.54) is 6.92 Å². The third-order valence-corrected chi connectivity index (χ3v) is 6.44. The molecule has 0 saturated heterocycles. The fourth-order valence-electron chi connectivity index (χ4n) is 4.65. The van der Waals surface area contributed by atoms with E-state index in [4.69, 9.17) is 14.7 Å². The van der Waals surface area contributed by atoms with Crippen LogP contribution in [0.2, 0.25) is 0 Å². The first kappa shape index (κ1) is 24.7. The molecule has 2 aromatic heterocycles. The molecular weight excluding hydrogens is 466 g/mol. The number of amides is 1. The van der Waals surface area contributed by atoms with Crippen molar-refractivity contribution in [1.82, 2.24) is 19.4 Å². The Labute approximate surface area is 216 Å². The summed E-state index contributed by atoms with van der Waals surface area (Å²) in [5.41, 5.74) is 7.48. The van der Waals surface area contributed by atoms with Gasteiger partial charge in [0.25, 0.3) is 0 Å². The van der Waals surface area contributed by atoms with Gasteiger partial charge in [0.05, 0.1) is 36.0 Å². The minimum Gasteiger partial charge on any atom is -0.382 e. The summed E-state index contributed by atoms with van der Waals surface area (Å²) in [6.45, 7) is 4.28. The molecule has 1 amide bonds. The Morgan fingerprint density at radius 1 is 1.14 bits per heavy atom. The number of nitrogens with zero attached hydrogens (tertiary/aromatic N) is 4. The maximum Gasteiger partial charge on any atom is 0.228 e. The van der Waals surface area contributed by atoms with Gasteiger partial charge in [-0.05, 0) is 38.4 Å². The standard InChI is InChI=1S/C28H33N7O2/c1-18(36)30-25-15-19(9-10-24(25)29-12-13-34(2)3)31-28-32-23-11-14-37-17-22(23)27(33-28)21-16-35(4)26-8-6-5-7-20(21)26/h5-10,15-16,29H,11-14,17H2,1-4H3,(H,30,36)(H,31,32,33). The molecule has 9 nitrogen and oxygen atoms in total. The number of para-hydroxylation sites is 1. The molecular formula is C28H33N7O2. The van der Waals surface area contributed by atoms with E-state index in [-0.39, 0.29) is 5.91 Å². The Morgan fingerprint density at radius 3 is 2.78 bits per heavy atom. The maximum absolute atomic E-state index is 11.9. The highest BCUT2D eigenvalue weighted by molar-refractivity contribution is 5.96. The first-order chi connectivity index (χ1) is 17.9. The van der Waals surface area contributed by atoms with Crippen LogP contribution in [-0.2, 0) is 29.6 Å². The number of aromatic nitrogens is 3. The van der Waals surface area contributed by atoms with Gasteiger partial charge in [0, 0.05) is 67.4 Å².